The Morgan fingerprint density at radius 3 is 2.14 bits per heavy atom. The lowest BCUT2D eigenvalue weighted by Crippen LogP contribution is -3.00. The fourth-order valence-corrected chi connectivity index (χ4v) is 0.129. The number of hydrogen-bond donors (Lipinski definition) is 2. The summed E-state index contributed by atoms with van der Waals surface area (Å²) in [5.74, 6) is 0. The van der Waals surface area contributed by atoms with Gasteiger partial charge in [0.05, 0.1) is 6.61 Å². The molecule has 0 saturated carbocycles. The summed E-state index contributed by atoms with van der Waals surface area (Å²) in [4.78, 5) is 0. The smallest absolute Gasteiger partial charge is 0.107 e. The van der Waals surface area contributed by atoms with Crippen molar-refractivity contribution < 1.29 is 23.2 Å². The summed E-state index contributed by atoms with van der Waals surface area (Å²) < 4.78 is 0. The molecule has 0 fully saturated rings. The van der Waals surface area contributed by atoms with E-state index >= 15 is 0 Å². The van der Waals surface area contributed by atoms with Gasteiger partial charge in [0.15, 0.2) is 0 Å². The van der Waals surface area contributed by atoms with Crippen molar-refractivity contribution in [1.29, 1.82) is 0 Å². The zero-order valence-corrected chi connectivity index (χ0v) is 5.28. The monoisotopic (exact) mass is 125 g/mol. The molecule has 0 aromatic rings. The van der Waals surface area contributed by atoms with Crippen molar-refractivity contribution in [2.75, 3.05) is 6.61 Å². The molecule has 0 aromatic carbocycles. The van der Waals surface area contributed by atoms with Gasteiger partial charge in [0.1, 0.15) is 6.04 Å². The molecule has 4 N–H and O–H groups in total. The van der Waals surface area contributed by atoms with E-state index in [2.05, 4.69) is 5.73 Å². The van der Waals surface area contributed by atoms with Crippen molar-refractivity contribution in [3.05, 3.63) is 0 Å². The van der Waals surface area contributed by atoms with Gasteiger partial charge in [0, 0.05) is 0 Å². The zero-order chi connectivity index (χ0) is 4.99. The predicted octanol–water partition coefficient (Wildman–Crippen LogP) is -4.00. The molecule has 0 aliphatic carbocycles. The fourth-order valence-electron chi connectivity index (χ4n) is 0.129. The Morgan fingerprint density at radius 2 is 2.14 bits per heavy atom. The Balaban J connectivity index is 0. The molecule has 0 unspecified atom stereocenters. The molecule has 0 aliphatic heterocycles. The third-order valence-corrected chi connectivity index (χ3v) is 0.836. The van der Waals surface area contributed by atoms with Crippen molar-refractivity contribution in [1.82, 2.24) is 0 Å². The molecule has 0 saturated heterocycles. The van der Waals surface area contributed by atoms with Crippen molar-refractivity contribution in [3.8, 4) is 0 Å². The molecule has 0 spiro atoms. The van der Waals surface area contributed by atoms with E-state index in [0.29, 0.717) is 0 Å². The van der Waals surface area contributed by atoms with E-state index in [0.717, 1.165) is 6.42 Å². The summed E-state index contributed by atoms with van der Waals surface area (Å²) in [6.45, 7) is 2.23. The maximum atomic E-state index is 8.27. The summed E-state index contributed by atoms with van der Waals surface area (Å²) in [7, 11) is 0. The molecule has 3 heteroatoms. The first-order valence-electron chi connectivity index (χ1n) is 2.25. The van der Waals surface area contributed by atoms with E-state index in [4.69, 9.17) is 5.11 Å². The number of halogens is 1. The highest BCUT2D eigenvalue weighted by atomic mass is 35.5. The Kier molecular flexibility index (Phi) is 9.09. The van der Waals surface area contributed by atoms with Gasteiger partial charge < -0.3 is 23.2 Å². The lowest BCUT2D eigenvalue weighted by Gasteiger charge is -1.94. The Morgan fingerprint density at radius 1 is 1.71 bits per heavy atom. The first kappa shape index (κ1) is 10.2. The third-order valence-electron chi connectivity index (χ3n) is 0.836. The lowest BCUT2D eigenvalue weighted by molar-refractivity contribution is -0.425. The molecule has 0 aliphatic rings. The largest absolute Gasteiger partial charge is 1.00 e. The molecule has 46 valence electrons. The van der Waals surface area contributed by atoms with E-state index in [1.54, 1.807) is 0 Å². The highest BCUT2D eigenvalue weighted by Gasteiger charge is 1.94. The van der Waals surface area contributed by atoms with Gasteiger partial charge in [-0.25, -0.2) is 0 Å². The number of rotatable bonds is 2. The topological polar surface area (TPSA) is 47.9 Å². The predicted molar refractivity (Wildman–Crippen MR) is 24.1 cm³/mol. The number of quaternary nitrogens is 1. The standard InChI is InChI=1S/C4H11NO.ClH/c1-2-4(5)3-6;/h4,6H,2-3,5H2,1H3;1H/t4-;/m0./s1. The second kappa shape index (κ2) is 6.21. The molecule has 0 radical (unpaired) electrons. The second-order valence-corrected chi connectivity index (χ2v) is 1.46. The van der Waals surface area contributed by atoms with Crippen LogP contribution in [-0.2, 0) is 0 Å². The van der Waals surface area contributed by atoms with Crippen LogP contribution in [0.2, 0.25) is 0 Å². The molecule has 0 bridgehead atoms. The zero-order valence-electron chi connectivity index (χ0n) is 4.52. The molecule has 7 heavy (non-hydrogen) atoms. The van der Waals surface area contributed by atoms with Crippen LogP contribution in [0.5, 0.6) is 0 Å². The van der Waals surface area contributed by atoms with Crippen LogP contribution in [0.15, 0.2) is 0 Å². The van der Waals surface area contributed by atoms with Crippen molar-refractivity contribution in [3.63, 3.8) is 0 Å². The summed E-state index contributed by atoms with van der Waals surface area (Å²) in [5, 5.41) is 8.27. The van der Waals surface area contributed by atoms with Crippen LogP contribution in [-0.4, -0.2) is 17.8 Å². The average molecular weight is 126 g/mol. The van der Waals surface area contributed by atoms with Gasteiger partial charge in [-0.1, -0.05) is 6.92 Å². The summed E-state index contributed by atoms with van der Waals surface area (Å²) in [5.41, 5.74) is 3.62. The number of aliphatic hydroxyl groups excluding tert-OH is 1. The minimum Gasteiger partial charge on any atom is -1.00 e. The molecule has 0 heterocycles. The van der Waals surface area contributed by atoms with Crippen LogP contribution in [0.25, 0.3) is 0 Å². The SMILES string of the molecule is CC[C@H]([NH3+])CO.[Cl-]. The van der Waals surface area contributed by atoms with Gasteiger partial charge in [-0.05, 0) is 6.42 Å². The number of hydrogen-bond acceptors (Lipinski definition) is 1. The van der Waals surface area contributed by atoms with Gasteiger partial charge >= 0.3 is 0 Å². The van der Waals surface area contributed by atoms with Gasteiger partial charge in [-0.2, -0.15) is 0 Å². The summed E-state index contributed by atoms with van der Waals surface area (Å²) in [6.07, 6.45) is 0.969. The molecule has 0 rings (SSSR count). The van der Waals surface area contributed by atoms with Crippen LogP contribution in [0.3, 0.4) is 0 Å². The van der Waals surface area contributed by atoms with E-state index in [1.165, 1.54) is 0 Å². The lowest BCUT2D eigenvalue weighted by atomic mass is 10.3. The molecule has 1 atom stereocenters. The first-order valence-corrected chi connectivity index (χ1v) is 2.25. The van der Waals surface area contributed by atoms with Crippen LogP contribution in [0, 0.1) is 0 Å². The minimum atomic E-state index is 0. The summed E-state index contributed by atoms with van der Waals surface area (Å²) >= 11 is 0. The van der Waals surface area contributed by atoms with Crippen LogP contribution in [0.1, 0.15) is 13.3 Å². The van der Waals surface area contributed by atoms with E-state index in [-0.39, 0.29) is 25.1 Å². The highest BCUT2D eigenvalue weighted by Crippen LogP contribution is 1.76. The van der Waals surface area contributed by atoms with Crippen molar-refractivity contribution in [2.45, 2.75) is 19.4 Å². The maximum absolute atomic E-state index is 8.27. The normalized spacial score (nSPS) is 12.4. The molecular formula is C4H12ClNO. The van der Waals surface area contributed by atoms with Crippen molar-refractivity contribution >= 4 is 0 Å². The van der Waals surface area contributed by atoms with Gasteiger partial charge in [-0.3, -0.25) is 0 Å². The Hall–Kier alpha value is 0.210. The average Bonchev–Trinajstić information content (AvgIpc) is 1.65. The molecule has 2 nitrogen and oxygen atoms in total. The molecule has 0 amide bonds. The second-order valence-electron chi connectivity index (χ2n) is 1.46. The summed E-state index contributed by atoms with van der Waals surface area (Å²) in [6, 6.07) is 0.241. The van der Waals surface area contributed by atoms with Crippen molar-refractivity contribution in [2.24, 2.45) is 0 Å². The van der Waals surface area contributed by atoms with E-state index in [9.17, 15) is 0 Å². The Labute approximate surface area is 50.1 Å². The van der Waals surface area contributed by atoms with Crippen LogP contribution < -0.4 is 18.1 Å². The van der Waals surface area contributed by atoms with Gasteiger partial charge in [0.2, 0.25) is 0 Å². The maximum Gasteiger partial charge on any atom is 0.107 e. The Bertz CT molecular complexity index is 30.9. The quantitative estimate of drug-likeness (QED) is 0.389. The van der Waals surface area contributed by atoms with Gasteiger partial charge in [0.25, 0.3) is 0 Å². The van der Waals surface area contributed by atoms with Crippen LogP contribution >= 0.6 is 0 Å². The first-order chi connectivity index (χ1) is 2.81. The van der Waals surface area contributed by atoms with Crippen LogP contribution in [0.4, 0.5) is 0 Å². The van der Waals surface area contributed by atoms with E-state index < -0.39 is 0 Å². The minimum absolute atomic E-state index is 0. The molecular weight excluding hydrogens is 114 g/mol. The van der Waals surface area contributed by atoms with E-state index in [1.807, 2.05) is 6.92 Å². The fraction of sp³-hybridized carbons (Fsp3) is 1.00. The van der Waals surface area contributed by atoms with Gasteiger partial charge in [-0.15, -0.1) is 0 Å². The highest BCUT2D eigenvalue weighted by molar-refractivity contribution is 4.41. The molecule has 0 aromatic heterocycles. The number of aliphatic hydroxyl groups is 1. The third kappa shape index (κ3) is 6.21.